The second-order valence-corrected chi connectivity index (χ2v) is 3.06. The Balaban J connectivity index is 2.04. The molecule has 0 unspecified atom stereocenters. The summed E-state index contributed by atoms with van der Waals surface area (Å²) in [5.74, 6) is -0.0971. The van der Waals surface area contributed by atoms with Gasteiger partial charge in [0.2, 0.25) is 0 Å². The number of carbonyl (C=O) groups excluding carboxylic acids is 1. The SMILES string of the molecule is O=C1C=CCON1Cc1ccccc1. The minimum atomic E-state index is -0.0971. The Morgan fingerprint density at radius 3 is 2.79 bits per heavy atom. The molecular weight excluding hydrogens is 178 g/mol. The normalized spacial score (nSPS) is 16.0. The van der Waals surface area contributed by atoms with Crippen LogP contribution in [-0.2, 0) is 16.2 Å². The van der Waals surface area contributed by atoms with E-state index in [0.29, 0.717) is 13.2 Å². The number of nitrogens with zero attached hydrogens (tertiary/aromatic N) is 1. The molecule has 3 nitrogen and oxygen atoms in total. The van der Waals surface area contributed by atoms with Gasteiger partial charge in [-0.1, -0.05) is 36.4 Å². The fourth-order valence-electron chi connectivity index (χ4n) is 1.30. The molecule has 72 valence electrons. The van der Waals surface area contributed by atoms with E-state index in [-0.39, 0.29) is 5.91 Å². The summed E-state index contributed by atoms with van der Waals surface area (Å²) in [5, 5.41) is 1.37. The molecule has 1 heterocycles. The van der Waals surface area contributed by atoms with Crippen LogP contribution in [0.3, 0.4) is 0 Å². The maximum atomic E-state index is 11.3. The molecule has 1 amide bonds. The summed E-state index contributed by atoms with van der Waals surface area (Å²) in [7, 11) is 0. The van der Waals surface area contributed by atoms with Crippen molar-refractivity contribution in [2.45, 2.75) is 6.54 Å². The van der Waals surface area contributed by atoms with Crippen molar-refractivity contribution in [3.63, 3.8) is 0 Å². The quantitative estimate of drug-likeness (QED) is 0.705. The first-order valence-corrected chi connectivity index (χ1v) is 4.51. The van der Waals surface area contributed by atoms with E-state index < -0.39 is 0 Å². The van der Waals surface area contributed by atoms with Crippen molar-refractivity contribution >= 4 is 5.91 Å². The zero-order valence-corrected chi connectivity index (χ0v) is 7.72. The van der Waals surface area contributed by atoms with Gasteiger partial charge in [0.05, 0.1) is 13.2 Å². The third-order valence-corrected chi connectivity index (χ3v) is 2.00. The lowest BCUT2D eigenvalue weighted by Crippen LogP contribution is -2.31. The van der Waals surface area contributed by atoms with Gasteiger partial charge in [0.25, 0.3) is 5.91 Å². The average molecular weight is 189 g/mol. The largest absolute Gasteiger partial charge is 0.270 e. The van der Waals surface area contributed by atoms with Crippen LogP contribution < -0.4 is 0 Å². The Morgan fingerprint density at radius 2 is 2.07 bits per heavy atom. The van der Waals surface area contributed by atoms with E-state index >= 15 is 0 Å². The topological polar surface area (TPSA) is 29.5 Å². The number of benzene rings is 1. The molecule has 1 aromatic carbocycles. The Kier molecular flexibility index (Phi) is 2.60. The predicted molar refractivity (Wildman–Crippen MR) is 52.1 cm³/mol. The van der Waals surface area contributed by atoms with Crippen LogP contribution in [-0.4, -0.2) is 17.6 Å². The third kappa shape index (κ3) is 2.00. The maximum absolute atomic E-state index is 11.3. The third-order valence-electron chi connectivity index (χ3n) is 2.00. The zero-order chi connectivity index (χ0) is 9.80. The van der Waals surface area contributed by atoms with Crippen LogP contribution in [0.2, 0.25) is 0 Å². The van der Waals surface area contributed by atoms with Crippen molar-refractivity contribution < 1.29 is 9.63 Å². The van der Waals surface area contributed by atoms with Crippen LogP contribution in [0.4, 0.5) is 0 Å². The van der Waals surface area contributed by atoms with E-state index in [1.54, 1.807) is 6.08 Å². The van der Waals surface area contributed by atoms with Gasteiger partial charge in [-0.15, -0.1) is 0 Å². The van der Waals surface area contributed by atoms with E-state index in [1.807, 2.05) is 30.3 Å². The van der Waals surface area contributed by atoms with Gasteiger partial charge in [-0.05, 0) is 5.56 Å². The average Bonchev–Trinajstić information content (AvgIpc) is 2.23. The lowest BCUT2D eigenvalue weighted by atomic mass is 10.2. The first kappa shape index (κ1) is 8.97. The molecule has 3 heteroatoms. The zero-order valence-electron chi connectivity index (χ0n) is 7.72. The van der Waals surface area contributed by atoms with Gasteiger partial charge in [0.15, 0.2) is 0 Å². The standard InChI is InChI=1S/C11H11NO2/c13-11-7-4-8-14-12(11)9-10-5-2-1-3-6-10/h1-7H,8-9H2. The minimum absolute atomic E-state index is 0.0971. The van der Waals surface area contributed by atoms with Gasteiger partial charge in [-0.3, -0.25) is 9.63 Å². The Hall–Kier alpha value is -1.61. The van der Waals surface area contributed by atoms with E-state index in [4.69, 9.17) is 4.84 Å². The molecule has 2 rings (SSSR count). The van der Waals surface area contributed by atoms with Crippen LogP contribution in [0.5, 0.6) is 0 Å². The highest BCUT2D eigenvalue weighted by molar-refractivity contribution is 5.87. The van der Waals surface area contributed by atoms with E-state index in [2.05, 4.69) is 0 Å². The molecule has 0 saturated heterocycles. The second-order valence-electron chi connectivity index (χ2n) is 3.06. The molecule has 1 aliphatic rings. The van der Waals surface area contributed by atoms with E-state index in [0.717, 1.165) is 5.56 Å². The molecule has 0 bridgehead atoms. The maximum Gasteiger partial charge on any atom is 0.270 e. The molecular formula is C11H11NO2. The Bertz CT molecular complexity index is 346. The lowest BCUT2D eigenvalue weighted by molar-refractivity contribution is -0.183. The van der Waals surface area contributed by atoms with Crippen LogP contribution in [0, 0.1) is 0 Å². The summed E-state index contributed by atoms with van der Waals surface area (Å²) in [6.07, 6.45) is 3.25. The number of rotatable bonds is 2. The van der Waals surface area contributed by atoms with Crippen LogP contribution in [0.15, 0.2) is 42.5 Å². The summed E-state index contributed by atoms with van der Waals surface area (Å²) in [6.45, 7) is 0.975. The molecule has 0 atom stereocenters. The highest BCUT2D eigenvalue weighted by Crippen LogP contribution is 2.08. The van der Waals surface area contributed by atoms with Crippen molar-refractivity contribution in [2.75, 3.05) is 6.61 Å². The summed E-state index contributed by atoms with van der Waals surface area (Å²) in [6, 6.07) is 9.77. The smallest absolute Gasteiger partial charge is 0.267 e. The van der Waals surface area contributed by atoms with Crippen LogP contribution >= 0.6 is 0 Å². The molecule has 0 fully saturated rings. The predicted octanol–water partition coefficient (Wildman–Crippen LogP) is 1.52. The molecule has 0 spiro atoms. The van der Waals surface area contributed by atoms with Crippen LogP contribution in [0.25, 0.3) is 0 Å². The van der Waals surface area contributed by atoms with Gasteiger partial charge in [0, 0.05) is 6.08 Å². The highest BCUT2D eigenvalue weighted by atomic mass is 16.7. The van der Waals surface area contributed by atoms with Gasteiger partial charge in [-0.2, -0.15) is 0 Å². The molecule has 0 saturated carbocycles. The minimum Gasteiger partial charge on any atom is -0.267 e. The fourth-order valence-corrected chi connectivity index (χ4v) is 1.30. The first-order chi connectivity index (χ1) is 6.86. The van der Waals surface area contributed by atoms with Crippen molar-refractivity contribution in [1.29, 1.82) is 0 Å². The first-order valence-electron chi connectivity index (χ1n) is 4.51. The van der Waals surface area contributed by atoms with Gasteiger partial charge in [0.1, 0.15) is 0 Å². The van der Waals surface area contributed by atoms with Gasteiger partial charge in [-0.25, -0.2) is 5.06 Å². The summed E-state index contributed by atoms with van der Waals surface area (Å²) >= 11 is 0. The van der Waals surface area contributed by atoms with Gasteiger partial charge < -0.3 is 0 Å². The monoisotopic (exact) mass is 189 g/mol. The van der Waals surface area contributed by atoms with Gasteiger partial charge >= 0.3 is 0 Å². The number of hydrogen-bond donors (Lipinski definition) is 0. The summed E-state index contributed by atoms with van der Waals surface area (Å²) in [5.41, 5.74) is 1.07. The molecule has 14 heavy (non-hydrogen) atoms. The summed E-state index contributed by atoms with van der Waals surface area (Å²) in [4.78, 5) is 16.5. The number of hydrogen-bond acceptors (Lipinski definition) is 2. The number of carbonyl (C=O) groups is 1. The van der Waals surface area contributed by atoms with E-state index in [1.165, 1.54) is 11.1 Å². The molecule has 0 aliphatic carbocycles. The Labute approximate surface area is 82.5 Å². The van der Waals surface area contributed by atoms with Crippen molar-refractivity contribution in [1.82, 2.24) is 5.06 Å². The second kappa shape index (κ2) is 4.07. The number of hydroxylamine groups is 2. The van der Waals surface area contributed by atoms with Crippen molar-refractivity contribution in [3.8, 4) is 0 Å². The van der Waals surface area contributed by atoms with Crippen molar-refractivity contribution in [3.05, 3.63) is 48.0 Å². The lowest BCUT2D eigenvalue weighted by Gasteiger charge is -2.22. The Morgan fingerprint density at radius 1 is 1.29 bits per heavy atom. The van der Waals surface area contributed by atoms with Crippen LogP contribution in [0.1, 0.15) is 5.56 Å². The number of amides is 1. The molecule has 1 aromatic rings. The molecule has 1 aliphatic heterocycles. The molecule has 0 N–H and O–H groups in total. The van der Waals surface area contributed by atoms with Crippen molar-refractivity contribution in [2.24, 2.45) is 0 Å². The van der Waals surface area contributed by atoms with E-state index in [9.17, 15) is 4.79 Å². The fraction of sp³-hybridized carbons (Fsp3) is 0.182. The summed E-state index contributed by atoms with van der Waals surface area (Å²) < 4.78 is 0. The molecule has 0 aromatic heterocycles. The molecule has 0 radical (unpaired) electrons. The highest BCUT2D eigenvalue weighted by Gasteiger charge is 2.14.